The van der Waals surface area contributed by atoms with E-state index in [1.165, 1.54) is 12.1 Å². The fourth-order valence-corrected chi connectivity index (χ4v) is 3.17. The summed E-state index contributed by atoms with van der Waals surface area (Å²) in [5.41, 5.74) is 3.50. The highest BCUT2D eigenvalue weighted by molar-refractivity contribution is 5.75. The second-order valence-corrected chi connectivity index (χ2v) is 6.31. The molecule has 0 atom stereocenters. The molecule has 4 rings (SSSR count). The average Bonchev–Trinajstić information content (AvgIpc) is 3.41. The quantitative estimate of drug-likeness (QED) is 0.522. The molecular weight excluding hydrogens is 343 g/mol. The van der Waals surface area contributed by atoms with E-state index < -0.39 is 0 Å². The van der Waals surface area contributed by atoms with Gasteiger partial charge in [-0.1, -0.05) is 0 Å². The third-order valence-electron chi connectivity index (χ3n) is 4.61. The minimum absolute atomic E-state index is 0.264. The lowest BCUT2D eigenvalue weighted by molar-refractivity contribution is 0.628. The molecule has 27 heavy (non-hydrogen) atoms. The summed E-state index contributed by atoms with van der Waals surface area (Å²) < 4.78 is 19.5. The first-order valence-electron chi connectivity index (χ1n) is 9.02. The smallest absolute Gasteiger partial charge is 0.158 e. The number of hydrogen-bond acceptors (Lipinski definition) is 3. The van der Waals surface area contributed by atoms with Gasteiger partial charge in [0.2, 0.25) is 0 Å². The Hall–Kier alpha value is -3.22. The Bertz CT molecular complexity index is 1040. The van der Waals surface area contributed by atoms with Gasteiger partial charge in [-0.2, -0.15) is 0 Å². The number of benzene rings is 1. The highest BCUT2D eigenvalue weighted by atomic mass is 19.1. The lowest BCUT2D eigenvalue weighted by Crippen LogP contribution is -2.06. The molecule has 0 aliphatic carbocycles. The zero-order valence-electron chi connectivity index (χ0n) is 15.4. The SMILES string of the molecule is CCn1cnc(Cn2cnc(-c3ccc(F)cc3)c2-c2nccn2CC)c1. The van der Waals surface area contributed by atoms with Gasteiger partial charge < -0.3 is 13.7 Å². The van der Waals surface area contributed by atoms with Crippen LogP contribution in [0.25, 0.3) is 22.8 Å². The number of aromatic nitrogens is 6. The summed E-state index contributed by atoms with van der Waals surface area (Å²) in [5.74, 6) is 0.573. The molecule has 0 spiro atoms. The molecule has 0 aliphatic heterocycles. The van der Waals surface area contributed by atoms with Gasteiger partial charge >= 0.3 is 0 Å². The van der Waals surface area contributed by atoms with Crippen molar-refractivity contribution in [2.75, 3.05) is 0 Å². The van der Waals surface area contributed by atoms with Crippen LogP contribution in [0.5, 0.6) is 0 Å². The van der Waals surface area contributed by atoms with Crippen LogP contribution in [0.3, 0.4) is 0 Å². The van der Waals surface area contributed by atoms with Crippen molar-refractivity contribution >= 4 is 0 Å². The molecule has 0 unspecified atom stereocenters. The molecule has 0 saturated carbocycles. The van der Waals surface area contributed by atoms with E-state index in [1.54, 1.807) is 24.7 Å². The van der Waals surface area contributed by atoms with Crippen molar-refractivity contribution in [3.8, 4) is 22.8 Å². The molecular formula is C20H21FN6. The van der Waals surface area contributed by atoms with Gasteiger partial charge in [-0.25, -0.2) is 19.3 Å². The summed E-state index contributed by atoms with van der Waals surface area (Å²) in [4.78, 5) is 13.7. The van der Waals surface area contributed by atoms with Crippen molar-refractivity contribution in [3.05, 3.63) is 67.0 Å². The molecule has 0 bridgehead atoms. The van der Waals surface area contributed by atoms with E-state index in [1.807, 2.05) is 23.3 Å². The second-order valence-electron chi connectivity index (χ2n) is 6.31. The van der Waals surface area contributed by atoms with Crippen LogP contribution in [0.4, 0.5) is 4.39 Å². The first-order chi connectivity index (χ1) is 13.2. The fourth-order valence-electron chi connectivity index (χ4n) is 3.17. The van der Waals surface area contributed by atoms with E-state index in [9.17, 15) is 4.39 Å². The van der Waals surface area contributed by atoms with Crippen LogP contribution in [-0.2, 0) is 19.6 Å². The third-order valence-corrected chi connectivity index (χ3v) is 4.61. The molecule has 4 aromatic rings. The molecule has 0 radical (unpaired) electrons. The van der Waals surface area contributed by atoms with Crippen molar-refractivity contribution in [1.82, 2.24) is 28.7 Å². The number of hydrogen-bond donors (Lipinski definition) is 0. The van der Waals surface area contributed by atoms with Gasteiger partial charge in [-0.15, -0.1) is 0 Å². The zero-order valence-corrected chi connectivity index (χ0v) is 15.4. The van der Waals surface area contributed by atoms with Crippen LogP contribution in [0, 0.1) is 5.82 Å². The van der Waals surface area contributed by atoms with Gasteiger partial charge in [0.15, 0.2) is 5.82 Å². The minimum Gasteiger partial charge on any atom is -0.337 e. The van der Waals surface area contributed by atoms with Gasteiger partial charge in [0.25, 0.3) is 0 Å². The van der Waals surface area contributed by atoms with Crippen LogP contribution < -0.4 is 0 Å². The van der Waals surface area contributed by atoms with Crippen molar-refractivity contribution in [2.24, 2.45) is 0 Å². The molecule has 1 aromatic carbocycles. The summed E-state index contributed by atoms with van der Waals surface area (Å²) in [6, 6.07) is 6.40. The predicted octanol–water partition coefficient (Wildman–Crippen LogP) is 3.84. The number of rotatable bonds is 6. The summed E-state index contributed by atoms with van der Waals surface area (Å²) >= 11 is 0. The Kier molecular flexibility index (Phi) is 4.58. The van der Waals surface area contributed by atoms with Crippen molar-refractivity contribution < 1.29 is 4.39 Å². The van der Waals surface area contributed by atoms with E-state index >= 15 is 0 Å². The topological polar surface area (TPSA) is 53.5 Å². The monoisotopic (exact) mass is 364 g/mol. The Morgan fingerprint density at radius 3 is 2.44 bits per heavy atom. The number of nitrogens with zero attached hydrogens (tertiary/aromatic N) is 6. The molecule has 0 fully saturated rings. The molecule has 0 aliphatic rings. The first-order valence-corrected chi connectivity index (χ1v) is 9.02. The van der Waals surface area contributed by atoms with E-state index in [4.69, 9.17) is 0 Å². The molecule has 7 heteroatoms. The Labute approximate surface area is 157 Å². The summed E-state index contributed by atoms with van der Waals surface area (Å²) in [7, 11) is 0. The van der Waals surface area contributed by atoms with E-state index in [-0.39, 0.29) is 5.82 Å². The molecule has 0 N–H and O–H groups in total. The molecule has 138 valence electrons. The highest BCUT2D eigenvalue weighted by Gasteiger charge is 2.19. The molecule has 0 saturated heterocycles. The van der Waals surface area contributed by atoms with E-state index in [0.29, 0.717) is 6.54 Å². The summed E-state index contributed by atoms with van der Waals surface area (Å²) in [5, 5.41) is 0. The van der Waals surface area contributed by atoms with Crippen molar-refractivity contribution in [1.29, 1.82) is 0 Å². The maximum absolute atomic E-state index is 13.4. The maximum atomic E-state index is 13.4. The van der Waals surface area contributed by atoms with Gasteiger partial charge in [0, 0.05) is 37.2 Å². The number of aryl methyl sites for hydroxylation is 2. The standard InChI is InChI=1S/C20H21FN6/c1-3-25-11-17(23-13-25)12-27-14-24-18(15-5-7-16(21)8-6-15)19(27)20-22-9-10-26(20)4-2/h5-11,13-14H,3-4,12H2,1-2H3. The molecule has 3 aromatic heterocycles. The fraction of sp³-hybridized carbons (Fsp3) is 0.250. The minimum atomic E-state index is -0.264. The maximum Gasteiger partial charge on any atom is 0.158 e. The van der Waals surface area contributed by atoms with Gasteiger partial charge in [-0.3, -0.25) is 0 Å². The lowest BCUT2D eigenvalue weighted by Gasteiger charge is -2.11. The number of halogens is 1. The van der Waals surface area contributed by atoms with Crippen molar-refractivity contribution in [2.45, 2.75) is 33.5 Å². The highest BCUT2D eigenvalue weighted by Crippen LogP contribution is 2.31. The third kappa shape index (κ3) is 3.28. The Balaban J connectivity index is 1.82. The Morgan fingerprint density at radius 2 is 1.74 bits per heavy atom. The Morgan fingerprint density at radius 1 is 0.926 bits per heavy atom. The van der Waals surface area contributed by atoms with Gasteiger partial charge in [0.05, 0.1) is 30.6 Å². The largest absolute Gasteiger partial charge is 0.337 e. The van der Waals surface area contributed by atoms with Crippen molar-refractivity contribution in [3.63, 3.8) is 0 Å². The van der Waals surface area contributed by atoms with Crippen LogP contribution >= 0.6 is 0 Å². The van der Waals surface area contributed by atoms with E-state index in [0.717, 1.165) is 41.6 Å². The number of imidazole rings is 3. The molecule has 3 heterocycles. The van der Waals surface area contributed by atoms with Crippen LogP contribution in [-0.4, -0.2) is 28.7 Å². The first kappa shape index (κ1) is 17.2. The van der Waals surface area contributed by atoms with Crippen LogP contribution in [0.15, 0.2) is 55.5 Å². The molecule has 6 nitrogen and oxygen atoms in total. The summed E-state index contributed by atoms with van der Waals surface area (Å²) in [6.45, 7) is 6.43. The van der Waals surface area contributed by atoms with Gasteiger partial charge in [-0.05, 0) is 38.1 Å². The second kappa shape index (κ2) is 7.19. The predicted molar refractivity (Wildman–Crippen MR) is 102 cm³/mol. The molecule has 0 amide bonds. The average molecular weight is 364 g/mol. The lowest BCUT2D eigenvalue weighted by atomic mass is 10.1. The summed E-state index contributed by atoms with van der Waals surface area (Å²) in [6.07, 6.45) is 9.41. The van der Waals surface area contributed by atoms with E-state index in [2.05, 4.69) is 37.9 Å². The van der Waals surface area contributed by atoms with Crippen LogP contribution in [0.1, 0.15) is 19.5 Å². The zero-order chi connectivity index (χ0) is 18.8. The normalized spacial score (nSPS) is 11.2. The van der Waals surface area contributed by atoms with Gasteiger partial charge in [0.1, 0.15) is 11.5 Å². The van der Waals surface area contributed by atoms with Crippen LogP contribution in [0.2, 0.25) is 0 Å².